The number of aryl methyl sites for hydroxylation is 2. The molecule has 0 amide bonds. The lowest BCUT2D eigenvalue weighted by Crippen LogP contribution is -2.39. The minimum atomic E-state index is 0.654. The molecule has 1 atom stereocenters. The summed E-state index contributed by atoms with van der Waals surface area (Å²) in [4.78, 5) is 2.56. The summed E-state index contributed by atoms with van der Waals surface area (Å²) in [7, 11) is 2.04. The van der Waals surface area contributed by atoms with E-state index < -0.39 is 0 Å². The van der Waals surface area contributed by atoms with Crippen LogP contribution in [0.5, 0.6) is 0 Å². The van der Waals surface area contributed by atoms with Gasteiger partial charge in [-0.25, -0.2) is 0 Å². The van der Waals surface area contributed by atoms with Crippen LogP contribution >= 0.6 is 15.9 Å². The lowest BCUT2D eigenvalue weighted by Gasteiger charge is -2.27. The molecule has 0 radical (unpaired) electrons. The van der Waals surface area contributed by atoms with Crippen LogP contribution in [0.15, 0.2) is 4.47 Å². The molecule has 0 aromatic carbocycles. The quantitative estimate of drug-likeness (QED) is 0.862. The maximum Gasteiger partial charge on any atom is 0.0739 e. The number of aromatic nitrogens is 2. The van der Waals surface area contributed by atoms with Crippen molar-refractivity contribution in [2.45, 2.75) is 46.2 Å². The third-order valence-corrected chi connectivity index (χ3v) is 4.93. The summed E-state index contributed by atoms with van der Waals surface area (Å²) in [5.74, 6) is 0.685. The van der Waals surface area contributed by atoms with Crippen LogP contribution in [0.1, 0.15) is 38.1 Å². The van der Waals surface area contributed by atoms with E-state index in [1.54, 1.807) is 0 Å². The SMILES string of the molecule is Cc1nn(C)c(CN(CC(C)C)CC2CCCN2)c1Br. The first-order valence-corrected chi connectivity index (χ1v) is 8.40. The highest BCUT2D eigenvalue weighted by Crippen LogP contribution is 2.22. The van der Waals surface area contributed by atoms with Crippen molar-refractivity contribution >= 4 is 15.9 Å². The van der Waals surface area contributed by atoms with Gasteiger partial charge in [-0.3, -0.25) is 9.58 Å². The summed E-state index contributed by atoms with van der Waals surface area (Å²) in [5, 5.41) is 8.11. The van der Waals surface area contributed by atoms with Gasteiger partial charge in [0.2, 0.25) is 0 Å². The van der Waals surface area contributed by atoms with Gasteiger partial charge < -0.3 is 5.32 Å². The van der Waals surface area contributed by atoms with Crippen molar-refractivity contribution in [3.8, 4) is 0 Å². The van der Waals surface area contributed by atoms with Gasteiger partial charge in [-0.1, -0.05) is 13.8 Å². The molecule has 5 heteroatoms. The van der Waals surface area contributed by atoms with Gasteiger partial charge in [0.25, 0.3) is 0 Å². The van der Waals surface area contributed by atoms with Crippen molar-refractivity contribution in [1.29, 1.82) is 0 Å². The van der Waals surface area contributed by atoms with Crippen molar-refractivity contribution in [2.24, 2.45) is 13.0 Å². The molecule has 2 heterocycles. The zero-order valence-corrected chi connectivity index (χ0v) is 14.7. The van der Waals surface area contributed by atoms with Crippen LogP contribution in [0.3, 0.4) is 0 Å². The monoisotopic (exact) mass is 342 g/mol. The van der Waals surface area contributed by atoms with Crippen LogP contribution in [-0.4, -0.2) is 40.4 Å². The second-order valence-electron chi connectivity index (χ2n) is 6.35. The molecule has 0 aliphatic carbocycles. The molecule has 1 saturated heterocycles. The molecular weight excluding hydrogens is 316 g/mol. The fourth-order valence-corrected chi connectivity index (χ4v) is 3.47. The fraction of sp³-hybridized carbons (Fsp3) is 0.800. The van der Waals surface area contributed by atoms with E-state index >= 15 is 0 Å². The molecule has 2 rings (SSSR count). The van der Waals surface area contributed by atoms with Gasteiger partial charge in [-0.2, -0.15) is 5.10 Å². The van der Waals surface area contributed by atoms with Crippen LogP contribution < -0.4 is 5.32 Å². The maximum absolute atomic E-state index is 4.50. The van der Waals surface area contributed by atoms with Crippen LogP contribution in [-0.2, 0) is 13.6 Å². The normalized spacial score (nSPS) is 19.4. The molecule has 114 valence electrons. The molecule has 4 nitrogen and oxygen atoms in total. The molecule has 1 aliphatic rings. The predicted octanol–water partition coefficient (Wildman–Crippen LogP) is 2.70. The van der Waals surface area contributed by atoms with E-state index in [0.29, 0.717) is 12.0 Å². The Balaban J connectivity index is 2.05. The third-order valence-electron chi connectivity index (χ3n) is 3.90. The molecular formula is C15H27BrN4. The second kappa shape index (κ2) is 7.05. The molecule has 0 spiro atoms. The summed E-state index contributed by atoms with van der Waals surface area (Å²) in [6.07, 6.45) is 2.62. The van der Waals surface area contributed by atoms with E-state index in [-0.39, 0.29) is 0 Å². The Bertz CT molecular complexity index is 435. The zero-order chi connectivity index (χ0) is 14.7. The molecule has 20 heavy (non-hydrogen) atoms. The predicted molar refractivity (Wildman–Crippen MR) is 86.8 cm³/mol. The number of halogens is 1. The summed E-state index contributed by atoms with van der Waals surface area (Å²) < 4.78 is 3.17. The van der Waals surface area contributed by atoms with Gasteiger partial charge in [0.1, 0.15) is 0 Å². The van der Waals surface area contributed by atoms with E-state index in [2.05, 4.69) is 52.0 Å². The lowest BCUT2D eigenvalue weighted by molar-refractivity contribution is 0.211. The number of nitrogens with one attached hydrogen (secondary N) is 1. The van der Waals surface area contributed by atoms with Gasteiger partial charge in [-0.15, -0.1) is 0 Å². The summed E-state index contributed by atoms with van der Waals surface area (Å²) in [6.45, 7) is 11.0. The molecule has 1 fully saturated rings. The Labute approximate surface area is 131 Å². The van der Waals surface area contributed by atoms with Gasteiger partial charge in [-0.05, 0) is 48.2 Å². The van der Waals surface area contributed by atoms with Crippen molar-refractivity contribution in [3.63, 3.8) is 0 Å². The van der Waals surface area contributed by atoms with Gasteiger partial charge in [0.05, 0.1) is 15.9 Å². The average Bonchev–Trinajstić information content (AvgIpc) is 2.93. The molecule has 1 unspecified atom stereocenters. The highest BCUT2D eigenvalue weighted by atomic mass is 79.9. The molecule has 1 aromatic heterocycles. The smallest absolute Gasteiger partial charge is 0.0739 e. The van der Waals surface area contributed by atoms with E-state index in [9.17, 15) is 0 Å². The van der Waals surface area contributed by atoms with E-state index in [4.69, 9.17) is 0 Å². The van der Waals surface area contributed by atoms with E-state index in [0.717, 1.165) is 29.8 Å². The van der Waals surface area contributed by atoms with Gasteiger partial charge in [0.15, 0.2) is 0 Å². The minimum absolute atomic E-state index is 0.654. The Morgan fingerprint density at radius 2 is 2.25 bits per heavy atom. The minimum Gasteiger partial charge on any atom is -0.313 e. The Kier molecular flexibility index (Phi) is 5.64. The third kappa shape index (κ3) is 4.06. The molecule has 1 aliphatic heterocycles. The average molecular weight is 343 g/mol. The molecule has 0 bridgehead atoms. The zero-order valence-electron chi connectivity index (χ0n) is 13.1. The second-order valence-corrected chi connectivity index (χ2v) is 7.14. The van der Waals surface area contributed by atoms with Crippen molar-refractivity contribution in [3.05, 3.63) is 15.9 Å². The molecule has 1 N–H and O–H groups in total. The van der Waals surface area contributed by atoms with Crippen molar-refractivity contribution in [1.82, 2.24) is 20.0 Å². The topological polar surface area (TPSA) is 33.1 Å². The fourth-order valence-electron chi connectivity index (χ4n) is 3.01. The number of nitrogens with zero attached hydrogens (tertiary/aromatic N) is 3. The Morgan fingerprint density at radius 3 is 2.75 bits per heavy atom. The van der Waals surface area contributed by atoms with E-state index in [1.807, 2.05) is 11.7 Å². The van der Waals surface area contributed by atoms with Crippen molar-refractivity contribution < 1.29 is 0 Å². The first-order valence-electron chi connectivity index (χ1n) is 7.61. The summed E-state index contributed by atoms with van der Waals surface area (Å²) in [6, 6.07) is 0.654. The van der Waals surface area contributed by atoms with Crippen LogP contribution in [0.2, 0.25) is 0 Å². The Hall–Kier alpha value is -0.390. The number of hydrogen-bond donors (Lipinski definition) is 1. The first kappa shape index (κ1) is 16.0. The van der Waals surface area contributed by atoms with Crippen LogP contribution in [0, 0.1) is 12.8 Å². The van der Waals surface area contributed by atoms with Gasteiger partial charge >= 0.3 is 0 Å². The Morgan fingerprint density at radius 1 is 1.50 bits per heavy atom. The lowest BCUT2D eigenvalue weighted by atomic mass is 10.1. The first-order chi connectivity index (χ1) is 9.47. The standard InChI is InChI=1S/C15H27BrN4/c1-11(2)8-20(9-13-6-5-7-17-13)10-14-15(16)12(3)18-19(14)4/h11,13,17H,5-10H2,1-4H3. The van der Waals surface area contributed by atoms with Crippen LogP contribution in [0.25, 0.3) is 0 Å². The van der Waals surface area contributed by atoms with Gasteiger partial charge in [0, 0.05) is 32.7 Å². The summed E-state index contributed by atoms with van der Waals surface area (Å²) in [5.41, 5.74) is 2.35. The van der Waals surface area contributed by atoms with Crippen molar-refractivity contribution in [2.75, 3.05) is 19.6 Å². The number of rotatable bonds is 6. The van der Waals surface area contributed by atoms with Crippen LogP contribution in [0.4, 0.5) is 0 Å². The largest absolute Gasteiger partial charge is 0.313 e. The molecule has 0 saturated carbocycles. The number of hydrogen-bond acceptors (Lipinski definition) is 3. The molecule has 1 aromatic rings. The van der Waals surface area contributed by atoms with E-state index in [1.165, 1.54) is 25.1 Å². The summed E-state index contributed by atoms with van der Waals surface area (Å²) >= 11 is 3.68. The highest BCUT2D eigenvalue weighted by molar-refractivity contribution is 9.10. The maximum atomic E-state index is 4.50. The highest BCUT2D eigenvalue weighted by Gasteiger charge is 2.21.